The molecule has 8 nitrogen and oxygen atoms in total. The van der Waals surface area contributed by atoms with Gasteiger partial charge < -0.3 is 24.1 Å². The van der Waals surface area contributed by atoms with E-state index < -0.39 is 24.5 Å². The van der Waals surface area contributed by atoms with Gasteiger partial charge in [-0.25, -0.2) is 4.79 Å². The second-order valence-corrected chi connectivity index (χ2v) is 6.57. The lowest BCUT2D eigenvalue weighted by atomic mass is 10.2. The van der Waals surface area contributed by atoms with Gasteiger partial charge >= 0.3 is 5.97 Å². The van der Waals surface area contributed by atoms with E-state index in [2.05, 4.69) is 5.32 Å². The van der Waals surface area contributed by atoms with Crippen molar-refractivity contribution in [2.75, 3.05) is 25.6 Å². The molecule has 3 rings (SSSR count). The van der Waals surface area contributed by atoms with Crippen LogP contribution in [0.5, 0.6) is 5.75 Å². The number of furan rings is 1. The molecule has 1 atom stereocenters. The second kappa shape index (κ2) is 8.79. The molecule has 1 aliphatic heterocycles. The van der Waals surface area contributed by atoms with Gasteiger partial charge in [0.1, 0.15) is 11.8 Å². The number of hydrogen-bond acceptors (Lipinski definition) is 6. The zero-order valence-corrected chi connectivity index (χ0v) is 15.9. The third-order valence-corrected chi connectivity index (χ3v) is 4.53. The van der Waals surface area contributed by atoms with Crippen molar-refractivity contribution in [1.82, 2.24) is 4.90 Å². The van der Waals surface area contributed by atoms with E-state index in [0.717, 1.165) is 0 Å². The Hall–Kier alpha value is -3.00. The molecule has 1 aromatic carbocycles. The van der Waals surface area contributed by atoms with Crippen LogP contribution in [0.25, 0.3) is 0 Å². The van der Waals surface area contributed by atoms with Crippen LogP contribution in [0.3, 0.4) is 0 Å². The van der Waals surface area contributed by atoms with Gasteiger partial charge in [0.2, 0.25) is 0 Å². The number of carbonyl (C=O) groups is 3. The fraction of sp³-hybridized carbons (Fsp3) is 0.316. The molecule has 0 spiro atoms. The number of likely N-dealkylation sites (tertiary alicyclic amines) is 1. The largest absolute Gasteiger partial charge is 0.495 e. The molecule has 2 amide bonds. The lowest BCUT2D eigenvalue weighted by Crippen LogP contribution is -2.42. The standard InChI is InChI=1S/C19H19ClN2O6/c1-26-15-7-6-12(20)10-13(15)21-17(23)11-28-19(25)14-4-2-8-22(14)18(24)16-5-3-9-27-16/h3,5-7,9-10,14H,2,4,8,11H2,1H3,(H,21,23)/t14-/m0/s1. The predicted molar refractivity (Wildman–Crippen MR) is 100 cm³/mol. The number of anilines is 1. The maximum absolute atomic E-state index is 12.4. The Morgan fingerprint density at radius 3 is 2.86 bits per heavy atom. The van der Waals surface area contributed by atoms with Gasteiger partial charge in [0.25, 0.3) is 11.8 Å². The van der Waals surface area contributed by atoms with Crippen molar-refractivity contribution in [3.8, 4) is 5.75 Å². The SMILES string of the molecule is COc1ccc(Cl)cc1NC(=O)COC(=O)[C@@H]1CCCN1C(=O)c1ccco1. The van der Waals surface area contributed by atoms with Crippen LogP contribution in [0.2, 0.25) is 5.02 Å². The fourth-order valence-electron chi connectivity index (χ4n) is 2.99. The van der Waals surface area contributed by atoms with Crippen molar-refractivity contribution in [2.24, 2.45) is 0 Å². The average Bonchev–Trinajstić information content (AvgIpc) is 3.37. The van der Waals surface area contributed by atoms with Gasteiger partial charge in [-0.3, -0.25) is 9.59 Å². The number of nitrogens with one attached hydrogen (secondary N) is 1. The van der Waals surface area contributed by atoms with E-state index in [1.807, 2.05) is 0 Å². The van der Waals surface area contributed by atoms with Crippen molar-refractivity contribution in [2.45, 2.75) is 18.9 Å². The van der Waals surface area contributed by atoms with Gasteiger partial charge in [0.05, 0.1) is 19.1 Å². The minimum Gasteiger partial charge on any atom is -0.495 e. The van der Waals surface area contributed by atoms with Gasteiger partial charge in [-0.15, -0.1) is 0 Å². The highest BCUT2D eigenvalue weighted by Crippen LogP contribution is 2.27. The molecule has 0 radical (unpaired) electrons. The number of carbonyl (C=O) groups excluding carboxylic acids is 3. The van der Waals surface area contributed by atoms with Crippen LogP contribution in [0.15, 0.2) is 41.0 Å². The van der Waals surface area contributed by atoms with Gasteiger partial charge in [-0.1, -0.05) is 11.6 Å². The van der Waals surface area contributed by atoms with Crippen LogP contribution in [0.4, 0.5) is 5.69 Å². The number of halogens is 1. The Balaban J connectivity index is 1.57. The van der Waals surface area contributed by atoms with Crippen LogP contribution < -0.4 is 10.1 Å². The number of esters is 1. The molecule has 0 bridgehead atoms. The van der Waals surface area contributed by atoms with Crippen molar-refractivity contribution in [3.63, 3.8) is 0 Å². The highest BCUT2D eigenvalue weighted by atomic mass is 35.5. The summed E-state index contributed by atoms with van der Waals surface area (Å²) in [7, 11) is 1.46. The third-order valence-electron chi connectivity index (χ3n) is 4.30. The molecule has 0 aliphatic carbocycles. The van der Waals surface area contributed by atoms with E-state index in [1.165, 1.54) is 30.4 Å². The number of amides is 2. The highest BCUT2D eigenvalue weighted by Gasteiger charge is 2.36. The number of rotatable bonds is 6. The van der Waals surface area contributed by atoms with E-state index in [0.29, 0.717) is 35.8 Å². The summed E-state index contributed by atoms with van der Waals surface area (Å²) in [4.78, 5) is 38.3. The molecule has 0 saturated carbocycles. The molecule has 1 aromatic heterocycles. The van der Waals surface area contributed by atoms with Gasteiger partial charge in [0.15, 0.2) is 12.4 Å². The molecule has 28 heavy (non-hydrogen) atoms. The Morgan fingerprint density at radius 2 is 2.14 bits per heavy atom. The topological polar surface area (TPSA) is 98.1 Å². The number of methoxy groups -OCH3 is 1. The maximum atomic E-state index is 12.4. The first-order valence-electron chi connectivity index (χ1n) is 8.64. The summed E-state index contributed by atoms with van der Waals surface area (Å²) in [6.45, 7) is -0.0704. The van der Waals surface area contributed by atoms with E-state index >= 15 is 0 Å². The quantitative estimate of drug-likeness (QED) is 0.741. The molecule has 1 fully saturated rings. The Kier molecular flexibility index (Phi) is 6.20. The number of ether oxygens (including phenoxy) is 2. The van der Waals surface area contributed by atoms with Gasteiger partial charge in [-0.2, -0.15) is 0 Å². The van der Waals surface area contributed by atoms with Gasteiger partial charge in [0, 0.05) is 11.6 Å². The maximum Gasteiger partial charge on any atom is 0.329 e. The Morgan fingerprint density at radius 1 is 1.32 bits per heavy atom. The molecule has 0 unspecified atom stereocenters. The van der Waals surface area contributed by atoms with E-state index in [4.69, 9.17) is 25.5 Å². The van der Waals surface area contributed by atoms with Gasteiger partial charge in [-0.05, 0) is 43.2 Å². The molecular formula is C19H19ClN2O6. The zero-order chi connectivity index (χ0) is 20.1. The minimum absolute atomic E-state index is 0.158. The fourth-order valence-corrected chi connectivity index (χ4v) is 3.17. The summed E-state index contributed by atoms with van der Waals surface area (Å²) in [5, 5.41) is 3.01. The van der Waals surface area contributed by atoms with Crippen LogP contribution in [-0.4, -0.2) is 49.0 Å². The number of nitrogens with zero attached hydrogens (tertiary/aromatic N) is 1. The summed E-state index contributed by atoms with van der Waals surface area (Å²) >= 11 is 5.92. The third kappa shape index (κ3) is 4.45. The zero-order valence-electron chi connectivity index (χ0n) is 15.1. The lowest BCUT2D eigenvalue weighted by Gasteiger charge is -2.22. The molecule has 2 heterocycles. The predicted octanol–water partition coefficient (Wildman–Crippen LogP) is 2.73. The van der Waals surface area contributed by atoms with Crippen molar-refractivity contribution in [1.29, 1.82) is 0 Å². The van der Waals surface area contributed by atoms with Crippen LogP contribution in [0, 0.1) is 0 Å². The smallest absolute Gasteiger partial charge is 0.329 e. The monoisotopic (exact) mass is 406 g/mol. The molecule has 1 N–H and O–H groups in total. The molecule has 9 heteroatoms. The second-order valence-electron chi connectivity index (χ2n) is 6.13. The Bertz CT molecular complexity index is 867. The van der Waals surface area contributed by atoms with Crippen LogP contribution >= 0.6 is 11.6 Å². The van der Waals surface area contributed by atoms with Crippen molar-refractivity contribution in [3.05, 3.63) is 47.4 Å². The first-order chi connectivity index (χ1) is 13.5. The summed E-state index contributed by atoms with van der Waals surface area (Å²) in [6.07, 6.45) is 2.53. The van der Waals surface area contributed by atoms with E-state index in [1.54, 1.807) is 18.2 Å². The molecule has 2 aromatic rings. The number of benzene rings is 1. The minimum atomic E-state index is -0.744. The summed E-state index contributed by atoms with van der Waals surface area (Å²) in [6, 6.07) is 7.16. The molecular weight excluding hydrogens is 388 g/mol. The van der Waals surface area contributed by atoms with Crippen molar-refractivity contribution >= 4 is 35.1 Å². The van der Waals surface area contributed by atoms with Crippen LogP contribution in [0.1, 0.15) is 23.4 Å². The van der Waals surface area contributed by atoms with E-state index in [9.17, 15) is 14.4 Å². The average molecular weight is 407 g/mol. The van der Waals surface area contributed by atoms with Crippen molar-refractivity contribution < 1.29 is 28.3 Å². The first-order valence-corrected chi connectivity index (χ1v) is 9.02. The Labute approximate surface area is 166 Å². The van der Waals surface area contributed by atoms with E-state index in [-0.39, 0.29) is 11.7 Å². The normalized spacial score (nSPS) is 15.9. The highest BCUT2D eigenvalue weighted by molar-refractivity contribution is 6.31. The molecule has 148 valence electrons. The molecule has 1 aliphatic rings. The lowest BCUT2D eigenvalue weighted by molar-refractivity contribution is -0.151. The first kappa shape index (κ1) is 19.8. The summed E-state index contributed by atoms with van der Waals surface area (Å²) < 4.78 is 15.4. The number of hydrogen-bond donors (Lipinski definition) is 1. The van der Waals surface area contributed by atoms with Crippen LogP contribution in [-0.2, 0) is 14.3 Å². The summed E-state index contributed by atoms with van der Waals surface area (Å²) in [5.41, 5.74) is 0.367. The molecule has 1 saturated heterocycles. The summed E-state index contributed by atoms with van der Waals surface area (Å²) in [5.74, 6) is -0.973.